The fourth-order valence-corrected chi connectivity index (χ4v) is 2.25. The molecule has 22 heavy (non-hydrogen) atoms. The van der Waals surface area contributed by atoms with Gasteiger partial charge in [0.15, 0.2) is 5.43 Å². The maximum atomic E-state index is 13.8. The fourth-order valence-electron chi connectivity index (χ4n) is 2.25. The molecule has 0 radical (unpaired) electrons. The molecule has 1 N–H and O–H groups in total. The number of alkyl halides is 3. The number of aromatic amines is 1. The topological polar surface area (TPSA) is 32.9 Å². The molecule has 0 amide bonds. The minimum Gasteiger partial charge on any atom is -0.354 e. The summed E-state index contributed by atoms with van der Waals surface area (Å²) in [5.74, 6) is -0.565. The van der Waals surface area contributed by atoms with Gasteiger partial charge in [-0.2, -0.15) is 13.2 Å². The number of hydrogen-bond acceptors (Lipinski definition) is 1. The Morgan fingerprint density at radius 3 is 2.36 bits per heavy atom. The number of fused-ring (bicyclic) bond motifs is 1. The maximum absolute atomic E-state index is 13.8. The zero-order valence-electron chi connectivity index (χ0n) is 11.0. The van der Waals surface area contributed by atoms with Crippen LogP contribution in [0.1, 0.15) is 5.56 Å². The van der Waals surface area contributed by atoms with E-state index in [1.807, 2.05) is 0 Å². The highest BCUT2D eigenvalue weighted by molar-refractivity contribution is 5.82. The largest absolute Gasteiger partial charge is 0.416 e. The molecular weight excluding hydrogens is 298 g/mol. The maximum Gasteiger partial charge on any atom is 0.416 e. The lowest BCUT2D eigenvalue weighted by Crippen LogP contribution is -2.08. The van der Waals surface area contributed by atoms with Crippen LogP contribution in [0.2, 0.25) is 0 Å². The van der Waals surface area contributed by atoms with Gasteiger partial charge in [0.05, 0.1) is 16.8 Å². The van der Waals surface area contributed by atoms with Gasteiger partial charge in [-0.05, 0) is 30.3 Å². The van der Waals surface area contributed by atoms with Gasteiger partial charge in [0.1, 0.15) is 5.82 Å². The van der Waals surface area contributed by atoms with Crippen LogP contribution >= 0.6 is 0 Å². The summed E-state index contributed by atoms with van der Waals surface area (Å²) in [5.41, 5.74) is -1.07. The van der Waals surface area contributed by atoms with E-state index in [2.05, 4.69) is 4.98 Å². The Morgan fingerprint density at radius 1 is 0.955 bits per heavy atom. The van der Waals surface area contributed by atoms with Gasteiger partial charge >= 0.3 is 6.18 Å². The first-order chi connectivity index (χ1) is 10.4. The average Bonchev–Trinajstić information content (AvgIpc) is 2.46. The van der Waals surface area contributed by atoms with Crippen LogP contribution in [0.25, 0.3) is 22.2 Å². The second kappa shape index (κ2) is 4.98. The number of hydrogen-bond donors (Lipinski definition) is 1. The molecule has 1 heterocycles. The van der Waals surface area contributed by atoms with Crippen LogP contribution in [-0.2, 0) is 6.18 Å². The van der Waals surface area contributed by atoms with E-state index >= 15 is 0 Å². The Balaban J connectivity index is 2.27. The SMILES string of the molecule is O=c1cc(-c2ccccc2F)[nH]c2cc(C(F)(F)F)ccc12. The first-order valence-electron chi connectivity index (χ1n) is 6.35. The van der Waals surface area contributed by atoms with Gasteiger partial charge in [-0.15, -0.1) is 0 Å². The van der Waals surface area contributed by atoms with Crippen molar-refractivity contribution < 1.29 is 17.6 Å². The summed E-state index contributed by atoms with van der Waals surface area (Å²) < 4.78 is 52.0. The van der Waals surface area contributed by atoms with E-state index in [-0.39, 0.29) is 22.2 Å². The number of aromatic nitrogens is 1. The summed E-state index contributed by atoms with van der Waals surface area (Å²) in [6, 6.07) is 9.70. The Kier molecular flexibility index (Phi) is 3.24. The molecule has 0 atom stereocenters. The third-order valence-corrected chi connectivity index (χ3v) is 3.32. The van der Waals surface area contributed by atoms with E-state index in [9.17, 15) is 22.4 Å². The first kappa shape index (κ1) is 14.3. The third kappa shape index (κ3) is 2.47. The van der Waals surface area contributed by atoms with Crippen LogP contribution in [0.5, 0.6) is 0 Å². The number of benzene rings is 2. The lowest BCUT2D eigenvalue weighted by atomic mass is 10.1. The summed E-state index contributed by atoms with van der Waals surface area (Å²) in [6.45, 7) is 0. The molecule has 0 spiro atoms. The first-order valence-corrected chi connectivity index (χ1v) is 6.35. The molecular formula is C16H9F4NO. The van der Waals surface area contributed by atoms with Crippen molar-refractivity contribution in [3.05, 3.63) is 70.1 Å². The molecule has 0 saturated heterocycles. The van der Waals surface area contributed by atoms with Crippen molar-refractivity contribution in [2.45, 2.75) is 6.18 Å². The molecule has 0 fully saturated rings. The smallest absolute Gasteiger partial charge is 0.354 e. The van der Waals surface area contributed by atoms with E-state index in [1.165, 1.54) is 24.3 Å². The van der Waals surface area contributed by atoms with Gasteiger partial charge in [0, 0.05) is 17.0 Å². The number of rotatable bonds is 1. The van der Waals surface area contributed by atoms with Crippen molar-refractivity contribution >= 4 is 10.9 Å². The van der Waals surface area contributed by atoms with E-state index < -0.39 is 23.0 Å². The second-order valence-electron chi connectivity index (χ2n) is 4.79. The van der Waals surface area contributed by atoms with Crippen molar-refractivity contribution in [2.75, 3.05) is 0 Å². The second-order valence-corrected chi connectivity index (χ2v) is 4.79. The standard InChI is InChI=1S/C16H9F4NO/c17-12-4-2-1-3-10(12)14-8-15(22)11-6-5-9(16(18,19)20)7-13(11)21-14/h1-8H,(H,21,22). The third-order valence-electron chi connectivity index (χ3n) is 3.32. The lowest BCUT2D eigenvalue weighted by Gasteiger charge is -2.09. The molecule has 0 bridgehead atoms. The number of halogens is 4. The predicted octanol–water partition coefficient (Wildman–Crippen LogP) is 4.35. The van der Waals surface area contributed by atoms with Crippen molar-refractivity contribution in [3.63, 3.8) is 0 Å². The predicted molar refractivity (Wildman–Crippen MR) is 75.0 cm³/mol. The summed E-state index contributed by atoms with van der Waals surface area (Å²) in [5, 5.41) is 0.119. The number of pyridine rings is 1. The van der Waals surface area contributed by atoms with Crippen LogP contribution in [0.3, 0.4) is 0 Å². The molecule has 6 heteroatoms. The molecule has 0 unspecified atom stereocenters. The van der Waals surface area contributed by atoms with Crippen LogP contribution in [0.15, 0.2) is 53.3 Å². The molecule has 3 rings (SSSR count). The van der Waals surface area contributed by atoms with Crippen molar-refractivity contribution in [1.29, 1.82) is 0 Å². The summed E-state index contributed by atoms with van der Waals surface area (Å²) in [4.78, 5) is 14.7. The molecule has 1 aromatic heterocycles. The summed E-state index contributed by atoms with van der Waals surface area (Å²) in [7, 11) is 0. The lowest BCUT2D eigenvalue weighted by molar-refractivity contribution is -0.137. The summed E-state index contributed by atoms with van der Waals surface area (Å²) >= 11 is 0. The Bertz CT molecular complexity index is 912. The molecule has 2 nitrogen and oxygen atoms in total. The zero-order chi connectivity index (χ0) is 15.9. The molecule has 0 saturated carbocycles. The summed E-state index contributed by atoms with van der Waals surface area (Å²) in [6.07, 6.45) is -4.51. The number of nitrogens with one attached hydrogen (secondary N) is 1. The minimum atomic E-state index is -4.51. The quantitative estimate of drug-likeness (QED) is 0.666. The Morgan fingerprint density at radius 2 is 1.68 bits per heavy atom. The van der Waals surface area contributed by atoms with E-state index in [0.717, 1.165) is 18.2 Å². The van der Waals surface area contributed by atoms with Gasteiger partial charge < -0.3 is 4.98 Å². The Hall–Kier alpha value is -2.63. The van der Waals surface area contributed by atoms with Crippen molar-refractivity contribution in [2.24, 2.45) is 0 Å². The number of H-pyrrole nitrogens is 1. The highest BCUT2D eigenvalue weighted by Gasteiger charge is 2.30. The van der Waals surface area contributed by atoms with E-state index in [4.69, 9.17) is 0 Å². The van der Waals surface area contributed by atoms with E-state index in [1.54, 1.807) is 6.07 Å². The van der Waals surface area contributed by atoms with Gasteiger partial charge in [0.2, 0.25) is 0 Å². The van der Waals surface area contributed by atoms with E-state index in [0.29, 0.717) is 0 Å². The van der Waals surface area contributed by atoms with Crippen LogP contribution in [0, 0.1) is 5.82 Å². The van der Waals surface area contributed by atoms with Crippen LogP contribution in [-0.4, -0.2) is 4.98 Å². The highest BCUT2D eigenvalue weighted by atomic mass is 19.4. The molecule has 3 aromatic rings. The Labute approximate surface area is 122 Å². The molecule has 2 aromatic carbocycles. The van der Waals surface area contributed by atoms with Gasteiger partial charge in [-0.1, -0.05) is 12.1 Å². The average molecular weight is 307 g/mol. The molecule has 0 aliphatic carbocycles. The van der Waals surface area contributed by atoms with Gasteiger partial charge in [-0.25, -0.2) is 4.39 Å². The van der Waals surface area contributed by atoms with Gasteiger partial charge in [0.25, 0.3) is 0 Å². The highest BCUT2D eigenvalue weighted by Crippen LogP contribution is 2.31. The molecule has 0 aliphatic heterocycles. The van der Waals surface area contributed by atoms with Gasteiger partial charge in [-0.3, -0.25) is 4.79 Å². The van der Waals surface area contributed by atoms with Crippen LogP contribution in [0.4, 0.5) is 17.6 Å². The van der Waals surface area contributed by atoms with Crippen molar-refractivity contribution in [1.82, 2.24) is 4.98 Å². The van der Waals surface area contributed by atoms with Crippen molar-refractivity contribution in [3.8, 4) is 11.3 Å². The fraction of sp³-hybridized carbons (Fsp3) is 0.0625. The molecule has 112 valence electrons. The molecule has 0 aliphatic rings. The normalized spacial score (nSPS) is 11.8. The monoisotopic (exact) mass is 307 g/mol. The van der Waals surface area contributed by atoms with Crippen LogP contribution < -0.4 is 5.43 Å². The zero-order valence-corrected chi connectivity index (χ0v) is 11.0. The minimum absolute atomic E-state index is 0.0144.